The van der Waals surface area contributed by atoms with E-state index in [1.54, 1.807) is 31.2 Å². The first-order valence-corrected chi connectivity index (χ1v) is 10.4. The van der Waals surface area contributed by atoms with Crippen LogP contribution in [0.15, 0.2) is 59.4 Å². The molecule has 0 atom stereocenters. The number of rotatable bonds is 6. The van der Waals surface area contributed by atoms with Crippen molar-refractivity contribution in [1.29, 1.82) is 0 Å². The number of nitrogens with one attached hydrogen (secondary N) is 2. The van der Waals surface area contributed by atoms with Crippen molar-refractivity contribution in [2.24, 2.45) is 0 Å². The number of para-hydroxylation sites is 1. The lowest BCUT2D eigenvalue weighted by molar-refractivity contribution is -0.116. The molecule has 1 aromatic heterocycles. The summed E-state index contributed by atoms with van der Waals surface area (Å²) < 4.78 is 0. The minimum atomic E-state index is -0.542. The Hall–Kier alpha value is -3.09. The molecule has 3 rings (SSSR count). The predicted molar refractivity (Wildman–Crippen MR) is 124 cm³/mol. The molecule has 3 aromatic rings. The number of H-pyrrole nitrogens is 1. The normalized spacial score (nSPS) is 10.6. The Labute approximate surface area is 189 Å². The van der Waals surface area contributed by atoms with Crippen LogP contribution in [0.2, 0.25) is 10.0 Å². The van der Waals surface area contributed by atoms with Gasteiger partial charge in [0, 0.05) is 12.2 Å². The number of aryl methyl sites for hydroxylation is 1. The Morgan fingerprint density at radius 2 is 1.71 bits per heavy atom. The number of halogens is 2. The van der Waals surface area contributed by atoms with Gasteiger partial charge in [0.2, 0.25) is 5.91 Å². The van der Waals surface area contributed by atoms with Crippen LogP contribution in [0.4, 0.5) is 5.69 Å². The van der Waals surface area contributed by atoms with Gasteiger partial charge in [0.15, 0.2) is 0 Å². The zero-order valence-electron chi connectivity index (χ0n) is 17.0. The van der Waals surface area contributed by atoms with Crippen LogP contribution in [-0.2, 0) is 4.79 Å². The number of amides is 2. The summed E-state index contributed by atoms with van der Waals surface area (Å²) in [5.41, 5.74) is 2.23. The summed E-state index contributed by atoms with van der Waals surface area (Å²) in [6.07, 6.45) is 0. The van der Waals surface area contributed by atoms with Crippen LogP contribution < -0.4 is 10.9 Å². The van der Waals surface area contributed by atoms with Crippen LogP contribution in [0.25, 0.3) is 11.3 Å². The third-order valence-electron chi connectivity index (χ3n) is 4.70. The highest BCUT2D eigenvalue weighted by Gasteiger charge is 2.21. The van der Waals surface area contributed by atoms with Gasteiger partial charge in [0.25, 0.3) is 11.5 Å². The van der Waals surface area contributed by atoms with Gasteiger partial charge < -0.3 is 15.2 Å². The highest BCUT2D eigenvalue weighted by atomic mass is 35.5. The van der Waals surface area contributed by atoms with Gasteiger partial charge in [-0.05, 0) is 49.7 Å². The van der Waals surface area contributed by atoms with E-state index >= 15 is 0 Å². The first kappa shape index (κ1) is 22.6. The van der Waals surface area contributed by atoms with Gasteiger partial charge in [0.05, 0.1) is 15.7 Å². The van der Waals surface area contributed by atoms with Crippen molar-refractivity contribution in [3.63, 3.8) is 0 Å². The number of nitrogens with zero attached hydrogens (tertiary/aromatic N) is 1. The van der Waals surface area contributed by atoms with E-state index in [1.807, 2.05) is 31.2 Å². The number of benzene rings is 2. The maximum Gasteiger partial charge on any atom is 0.261 e. The number of hydrogen-bond acceptors (Lipinski definition) is 3. The number of aromatic nitrogens is 1. The van der Waals surface area contributed by atoms with Crippen LogP contribution in [0.3, 0.4) is 0 Å². The molecule has 2 N–H and O–H groups in total. The quantitative estimate of drug-likeness (QED) is 0.559. The lowest BCUT2D eigenvalue weighted by Crippen LogP contribution is -2.40. The Balaban J connectivity index is 1.77. The first-order chi connectivity index (χ1) is 14.8. The Kier molecular flexibility index (Phi) is 7.15. The highest BCUT2D eigenvalue weighted by Crippen LogP contribution is 2.29. The zero-order valence-corrected chi connectivity index (χ0v) is 18.6. The molecule has 0 saturated carbocycles. The standard InChI is InChI=1S/C23H21Cl2N3O3/c1-3-28(13-20(29)27-21-17(24)8-5-9-18(21)25)23(31)16-10-11-19(26-22(16)30)15-7-4-6-14(2)12-15/h4-12H,3,13H2,1-2H3,(H,26,30)(H,27,29). The maximum absolute atomic E-state index is 12.9. The minimum absolute atomic E-state index is 0.0400. The molecule has 2 amide bonds. The molecule has 0 radical (unpaired) electrons. The van der Waals surface area contributed by atoms with Crippen LogP contribution in [0.5, 0.6) is 0 Å². The molecule has 0 saturated heterocycles. The van der Waals surface area contributed by atoms with Gasteiger partial charge in [0.1, 0.15) is 12.1 Å². The Bertz CT molecular complexity index is 1170. The van der Waals surface area contributed by atoms with Crippen LogP contribution >= 0.6 is 23.2 Å². The van der Waals surface area contributed by atoms with Crippen LogP contribution in [-0.4, -0.2) is 34.8 Å². The van der Waals surface area contributed by atoms with E-state index in [0.29, 0.717) is 15.7 Å². The van der Waals surface area contributed by atoms with Gasteiger partial charge in [-0.1, -0.05) is 53.0 Å². The Morgan fingerprint density at radius 3 is 2.32 bits per heavy atom. The number of pyridine rings is 1. The molecule has 0 spiro atoms. The smallest absolute Gasteiger partial charge is 0.261 e. The second-order valence-electron chi connectivity index (χ2n) is 6.95. The molecule has 0 unspecified atom stereocenters. The molecular weight excluding hydrogens is 437 g/mol. The molecule has 160 valence electrons. The number of anilines is 1. The fraction of sp³-hybridized carbons (Fsp3) is 0.174. The fourth-order valence-electron chi connectivity index (χ4n) is 3.09. The van der Waals surface area contributed by atoms with Crippen molar-refractivity contribution in [1.82, 2.24) is 9.88 Å². The van der Waals surface area contributed by atoms with E-state index in [-0.39, 0.29) is 24.3 Å². The SMILES string of the molecule is CCN(CC(=O)Nc1c(Cl)cccc1Cl)C(=O)c1ccc(-c2cccc(C)c2)[nH]c1=O. The predicted octanol–water partition coefficient (Wildman–Crippen LogP) is 4.76. The number of likely N-dealkylation sites (N-methyl/N-ethyl adjacent to an activating group) is 1. The molecule has 2 aromatic carbocycles. The molecule has 0 fully saturated rings. The van der Waals surface area contributed by atoms with Gasteiger partial charge >= 0.3 is 0 Å². The van der Waals surface area contributed by atoms with E-state index in [1.165, 1.54) is 11.0 Å². The molecule has 0 aliphatic heterocycles. The van der Waals surface area contributed by atoms with Crippen molar-refractivity contribution < 1.29 is 9.59 Å². The van der Waals surface area contributed by atoms with E-state index in [9.17, 15) is 14.4 Å². The lowest BCUT2D eigenvalue weighted by atomic mass is 10.1. The topological polar surface area (TPSA) is 82.3 Å². The number of hydrogen-bond donors (Lipinski definition) is 2. The summed E-state index contributed by atoms with van der Waals surface area (Å²) in [5.74, 6) is -1.02. The summed E-state index contributed by atoms with van der Waals surface area (Å²) in [6, 6.07) is 15.7. The highest BCUT2D eigenvalue weighted by molar-refractivity contribution is 6.39. The summed E-state index contributed by atoms with van der Waals surface area (Å²) in [4.78, 5) is 42.0. The molecule has 8 heteroatoms. The van der Waals surface area contributed by atoms with Gasteiger partial charge in [-0.15, -0.1) is 0 Å². The third-order valence-corrected chi connectivity index (χ3v) is 5.33. The summed E-state index contributed by atoms with van der Waals surface area (Å²) in [6.45, 7) is 3.67. The number of aromatic amines is 1. The van der Waals surface area contributed by atoms with E-state index in [4.69, 9.17) is 23.2 Å². The largest absolute Gasteiger partial charge is 0.329 e. The Morgan fingerprint density at radius 1 is 1.03 bits per heavy atom. The second kappa shape index (κ2) is 9.81. The number of carbonyl (C=O) groups is 2. The average molecular weight is 458 g/mol. The fourth-order valence-corrected chi connectivity index (χ4v) is 3.58. The van der Waals surface area contributed by atoms with Crippen molar-refractivity contribution in [3.8, 4) is 11.3 Å². The maximum atomic E-state index is 12.9. The van der Waals surface area contributed by atoms with Crippen molar-refractivity contribution in [2.45, 2.75) is 13.8 Å². The monoisotopic (exact) mass is 457 g/mol. The van der Waals surface area contributed by atoms with E-state index in [2.05, 4.69) is 10.3 Å². The van der Waals surface area contributed by atoms with Gasteiger partial charge in [-0.2, -0.15) is 0 Å². The minimum Gasteiger partial charge on any atom is -0.329 e. The van der Waals surface area contributed by atoms with Crippen molar-refractivity contribution in [3.05, 3.63) is 86.1 Å². The zero-order chi connectivity index (χ0) is 22.5. The molecule has 6 nitrogen and oxygen atoms in total. The third kappa shape index (κ3) is 5.34. The van der Waals surface area contributed by atoms with Crippen molar-refractivity contribution >= 4 is 40.7 Å². The molecule has 0 aliphatic carbocycles. The summed E-state index contributed by atoms with van der Waals surface area (Å²) in [7, 11) is 0. The molecule has 31 heavy (non-hydrogen) atoms. The van der Waals surface area contributed by atoms with Gasteiger partial charge in [-0.3, -0.25) is 14.4 Å². The van der Waals surface area contributed by atoms with Gasteiger partial charge in [-0.25, -0.2) is 0 Å². The lowest BCUT2D eigenvalue weighted by Gasteiger charge is -2.20. The number of carbonyl (C=O) groups excluding carboxylic acids is 2. The van der Waals surface area contributed by atoms with E-state index in [0.717, 1.165) is 11.1 Å². The molecular formula is C23H21Cl2N3O3. The molecule has 0 aliphatic rings. The van der Waals surface area contributed by atoms with Crippen LogP contribution in [0, 0.1) is 6.92 Å². The summed E-state index contributed by atoms with van der Waals surface area (Å²) >= 11 is 12.1. The second-order valence-corrected chi connectivity index (χ2v) is 7.76. The van der Waals surface area contributed by atoms with E-state index < -0.39 is 17.4 Å². The van der Waals surface area contributed by atoms with Crippen molar-refractivity contribution in [2.75, 3.05) is 18.4 Å². The molecule has 1 heterocycles. The summed E-state index contributed by atoms with van der Waals surface area (Å²) in [5, 5.41) is 3.20. The first-order valence-electron chi connectivity index (χ1n) is 9.63. The molecule has 0 bridgehead atoms. The van der Waals surface area contributed by atoms with Crippen LogP contribution in [0.1, 0.15) is 22.8 Å². The average Bonchev–Trinajstić information content (AvgIpc) is 2.74.